The van der Waals surface area contributed by atoms with E-state index in [9.17, 15) is 21.6 Å². The van der Waals surface area contributed by atoms with Gasteiger partial charge in [-0.25, -0.2) is 13.1 Å². The van der Waals surface area contributed by atoms with Gasteiger partial charge in [0.2, 0.25) is 10.0 Å². The number of benzene rings is 1. The molecule has 1 aromatic rings. The maximum atomic E-state index is 12.7. The van der Waals surface area contributed by atoms with Crippen LogP contribution in [0.5, 0.6) is 0 Å². The summed E-state index contributed by atoms with van der Waals surface area (Å²) in [5.74, 6) is -0.688. The summed E-state index contributed by atoms with van der Waals surface area (Å²) >= 11 is 0. The summed E-state index contributed by atoms with van der Waals surface area (Å²) in [6.07, 6.45) is -4.56. The van der Waals surface area contributed by atoms with Crippen molar-refractivity contribution in [3.8, 4) is 0 Å². The summed E-state index contributed by atoms with van der Waals surface area (Å²) in [5.41, 5.74) is -1.18. The van der Waals surface area contributed by atoms with Gasteiger partial charge in [0.1, 0.15) is 0 Å². The molecule has 108 valence electrons. The number of hydrogen-bond acceptors (Lipinski definition) is 3. The van der Waals surface area contributed by atoms with E-state index in [1.54, 1.807) is 7.05 Å². The van der Waals surface area contributed by atoms with Crippen LogP contribution in [-0.4, -0.2) is 28.6 Å². The van der Waals surface area contributed by atoms with Gasteiger partial charge in [-0.2, -0.15) is 13.2 Å². The number of nitrogens with one attached hydrogen (secondary N) is 2. The first kappa shape index (κ1) is 15.9. The summed E-state index contributed by atoms with van der Waals surface area (Å²) in [7, 11) is -2.13. The van der Waals surface area contributed by atoms with Crippen LogP contribution in [0, 0.1) is 0 Å². The molecule has 19 heavy (non-hydrogen) atoms. The van der Waals surface area contributed by atoms with Crippen LogP contribution in [0.1, 0.15) is 11.1 Å². The second-order valence-corrected chi connectivity index (χ2v) is 5.72. The molecule has 0 fully saturated rings. The van der Waals surface area contributed by atoms with Gasteiger partial charge in [-0.05, 0) is 18.7 Å². The minimum absolute atomic E-state index is 0.132. The highest BCUT2D eigenvalue weighted by molar-refractivity contribution is 7.88. The van der Waals surface area contributed by atoms with Crippen molar-refractivity contribution in [2.24, 2.45) is 0 Å². The zero-order valence-corrected chi connectivity index (χ0v) is 11.1. The molecule has 0 aliphatic rings. The molecule has 8 heteroatoms. The van der Waals surface area contributed by atoms with Crippen molar-refractivity contribution >= 4 is 10.0 Å². The van der Waals surface area contributed by atoms with Crippen molar-refractivity contribution in [2.75, 3.05) is 20.1 Å². The van der Waals surface area contributed by atoms with E-state index in [4.69, 9.17) is 0 Å². The second-order valence-electron chi connectivity index (χ2n) is 3.91. The quantitative estimate of drug-likeness (QED) is 0.779. The zero-order chi connectivity index (χ0) is 14.5. The normalized spacial score (nSPS) is 12.6. The fourth-order valence-corrected chi connectivity index (χ4v) is 2.69. The van der Waals surface area contributed by atoms with Gasteiger partial charge in [0.05, 0.1) is 11.3 Å². The molecule has 1 aromatic carbocycles. The number of likely N-dealkylation sites (N-methyl/N-ethyl adjacent to an activating group) is 1. The van der Waals surface area contributed by atoms with E-state index in [1.165, 1.54) is 18.2 Å². The molecule has 0 saturated carbocycles. The molecule has 0 bridgehead atoms. The lowest BCUT2D eigenvalue weighted by atomic mass is 10.1. The largest absolute Gasteiger partial charge is 0.416 e. The molecule has 0 atom stereocenters. The Labute approximate surface area is 110 Å². The number of rotatable bonds is 6. The monoisotopic (exact) mass is 296 g/mol. The predicted octanol–water partition coefficient (Wildman–Crippen LogP) is 1.34. The Kier molecular flexibility index (Phi) is 5.33. The SMILES string of the molecule is CNCCNS(=O)(=O)Cc1ccccc1C(F)(F)F. The smallest absolute Gasteiger partial charge is 0.318 e. The topological polar surface area (TPSA) is 58.2 Å². The van der Waals surface area contributed by atoms with Crippen LogP contribution < -0.4 is 10.0 Å². The highest BCUT2D eigenvalue weighted by Gasteiger charge is 2.33. The zero-order valence-electron chi connectivity index (χ0n) is 10.3. The molecule has 0 radical (unpaired) electrons. The van der Waals surface area contributed by atoms with Crippen molar-refractivity contribution in [1.29, 1.82) is 0 Å². The van der Waals surface area contributed by atoms with E-state index >= 15 is 0 Å². The highest BCUT2D eigenvalue weighted by atomic mass is 32.2. The minimum atomic E-state index is -4.56. The fraction of sp³-hybridized carbons (Fsp3) is 0.455. The van der Waals surface area contributed by atoms with Crippen molar-refractivity contribution in [3.05, 3.63) is 35.4 Å². The van der Waals surface area contributed by atoms with Gasteiger partial charge in [0, 0.05) is 13.1 Å². The van der Waals surface area contributed by atoms with E-state index in [2.05, 4.69) is 10.0 Å². The third-order valence-corrected chi connectivity index (χ3v) is 3.70. The molecule has 0 heterocycles. The first-order valence-corrected chi connectivity index (χ1v) is 7.18. The molecule has 1 rings (SSSR count). The van der Waals surface area contributed by atoms with Crippen LogP contribution in [0.2, 0.25) is 0 Å². The molecule has 0 aliphatic carbocycles. The standard InChI is InChI=1S/C11H15F3N2O2S/c1-15-6-7-16-19(17,18)8-9-4-2-3-5-10(9)11(12,13)14/h2-5,15-16H,6-8H2,1H3. The maximum absolute atomic E-state index is 12.7. The van der Waals surface area contributed by atoms with Gasteiger partial charge < -0.3 is 5.32 Å². The van der Waals surface area contributed by atoms with Gasteiger partial charge in [0.15, 0.2) is 0 Å². The Hall–Kier alpha value is -1.12. The molecular weight excluding hydrogens is 281 g/mol. The fourth-order valence-electron chi connectivity index (χ4n) is 1.51. The number of alkyl halides is 3. The average Bonchev–Trinajstić information content (AvgIpc) is 2.27. The first-order valence-electron chi connectivity index (χ1n) is 5.53. The molecule has 0 aromatic heterocycles. The van der Waals surface area contributed by atoms with Gasteiger partial charge in [-0.1, -0.05) is 18.2 Å². The minimum Gasteiger partial charge on any atom is -0.318 e. The van der Waals surface area contributed by atoms with Crippen LogP contribution in [0.4, 0.5) is 13.2 Å². The lowest BCUT2D eigenvalue weighted by Crippen LogP contribution is -2.31. The van der Waals surface area contributed by atoms with E-state index in [-0.39, 0.29) is 12.1 Å². The Bertz CT molecular complexity index is 515. The molecule has 2 N–H and O–H groups in total. The summed E-state index contributed by atoms with van der Waals surface area (Å²) in [6.45, 7) is 0.535. The van der Waals surface area contributed by atoms with E-state index in [1.807, 2.05) is 0 Å². The van der Waals surface area contributed by atoms with Crippen LogP contribution >= 0.6 is 0 Å². The molecule has 0 aliphatic heterocycles. The van der Waals surface area contributed by atoms with E-state index < -0.39 is 27.5 Å². The van der Waals surface area contributed by atoms with E-state index in [0.717, 1.165) is 6.07 Å². The van der Waals surface area contributed by atoms with Crippen LogP contribution in [0.15, 0.2) is 24.3 Å². The van der Waals surface area contributed by atoms with E-state index in [0.29, 0.717) is 6.54 Å². The number of halogens is 3. The molecule has 0 spiro atoms. The summed E-state index contributed by atoms with van der Waals surface area (Å²) < 4.78 is 63.6. The maximum Gasteiger partial charge on any atom is 0.416 e. The second kappa shape index (κ2) is 6.36. The van der Waals surface area contributed by atoms with Crippen LogP contribution in [0.25, 0.3) is 0 Å². The highest BCUT2D eigenvalue weighted by Crippen LogP contribution is 2.32. The molecule has 4 nitrogen and oxygen atoms in total. The third kappa shape index (κ3) is 5.17. The van der Waals surface area contributed by atoms with Gasteiger partial charge in [-0.3, -0.25) is 0 Å². The average molecular weight is 296 g/mol. The lowest BCUT2D eigenvalue weighted by molar-refractivity contribution is -0.138. The summed E-state index contributed by atoms with van der Waals surface area (Å²) in [6, 6.07) is 4.65. The first-order chi connectivity index (χ1) is 8.76. The Balaban J connectivity index is 2.88. The molecule has 0 amide bonds. The van der Waals surface area contributed by atoms with Crippen LogP contribution in [0.3, 0.4) is 0 Å². The Morgan fingerprint density at radius 2 is 1.79 bits per heavy atom. The van der Waals surface area contributed by atoms with Gasteiger partial charge in [-0.15, -0.1) is 0 Å². The lowest BCUT2D eigenvalue weighted by Gasteiger charge is -2.13. The Morgan fingerprint density at radius 1 is 1.16 bits per heavy atom. The van der Waals surface area contributed by atoms with Crippen molar-refractivity contribution in [3.63, 3.8) is 0 Å². The number of sulfonamides is 1. The molecule has 0 unspecified atom stereocenters. The van der Waals surface area contributed by atoms with Crippen LogP contribution in [-0.2, 0) is 22.0 Å². The van der Waals surface area contributed by atoms with Crippen molar-refractivity contribution < 1.29 is 21.6 Å². The molecule has 0 saturated heterocycles. The number of hydrogen-bond donors (Lipinski definition) is 2. The van der Waals surface area contributed by atoms with Crippen molar-refractivity contribution in [2.45, 2.75) is 11.9 Å². The van der Waals surface area contributed by atoms with Crippen molar-refractivity contribution in [1.82, 2.24) is 10.0 Å². The van der Waals surface area contributed by atoms with Gasteiger partial charge in [0.25, 0.3) is 0 Å². The summed E-state index contributed by atoms with van der Waals surface area (Å²) in [5, 5.41) is 2.73. The summed E-state index contributed by atoms with van der Waals surface area (Å²) in [4.78, 5) is 0. The Morgan fingerprint density at radius 3 is 2.37 bits per heavy atom. The predicted molar refractivity (Wildman–Crippen MR) is 66.0 cm³/mol. The van der Waals surface area contributed by atoms with Gasteiger partial charge >= 0.3 is 6.18 Å². The molecular formula is C11H15F3N2O2S. The third-order valence-electron chi connectivity index (χ3n) is 2.37.